The molecule has 2 unspecified atom stereocenters. The number of amides is 1. The number of aliphatic hydroxyl groups excluding tert-OH is 1. The maximum absolute atomic E-state index is 14.7. The van der Waals surface area contributed by atoms with Crippen molar-refractivity contribution in [1.82, 2.24) is 14.6 Å². The summed E-state index contributed by atoms with van der Waals surface area (Å²) in [5, 5.41) is 18.2. The molecule has 3 fully saturated rings. The van der Waals surface area contributed by atoms with E-state index in [0.29, 0.717) is 48.2 Å². The minimum absolute atomic E-state index is 0.0692. The van der Waals surface area contributed by atoms with Gasteiger partial charge in [0.15, 0.2) is 17.1 Å². The van der Waals surface area contributed by atoms with Gasteiger partial charge in [-0.05, 0) is 48.9 Å². The van der Waals surface area contributed by atoms with Crippen LogP contribution in [0.4, 0.5) is 4.79 Å². The molecule has 1 amide bonds. The van der Waals surface area contributed by atoms with Crippen molar-refractivity contribution < 1.29 is 41.7 Å². The number of alkyl carbamates (subject to hydrolysis) is 1. The topological polar surface area (TPSA) is 150 Å². The number of aliphatic hydroxyl groups is 1. The Morgan fingerprint density at radius 2 is 1.88 bits per heavy atom. The highest BCUT2D eigenvalue weighted by atomic mass is 32.2. The van der Waals surface area contributed by atoms with E-state index in [-0.39, 0.29) is 61.2 Å². The number of fused-ring (bicyclic) bond motifs is 3. The molecule has 278 valence electrons. The van der Waals surface area contributed by atoms with Crippen LogP contribution >= 0.6 is 11.3 Å². The zero-order chi connectivity index (χ0) is 35.7. The van der Waals surface area contributed by atoms with E-state index in [0.717, 1.165) is 43.1 Å². The van der Waals surface area contributed by atoms with Gasteiger partial charge in [-0.1, -0.05) is 49.6 Å². The number of hydrogen-bond acceptors (Lipinski definition) is 11. The van der Waals surface area contributed by atoms with Gasteiger partial charge in [-0.25, -0.2) is 18.2 Å². The monoisotopic (exact) mass is 751 g/mol. The first-order valence-electron chi connectivity index (χ1n) is 18.3. The second kappa shape index (κ2) is 15.5. The summed E-state index contributed by atoms with van der Waals surface area (Å²) in [6.07, 6.45) is 4.64. The van der Waals surface area contributed by atoms with Crippen LogP contribution in [0, 0.1) is 17.8 Å². The first-order valence-corrected chi connectivity index (χ1v) is 20.6. The van der Waals surface area contributed by atoms with Crippen LogP contribution in [0.25, 0.3) is 21.7 Å². The van der Waals surface area contributed by atoms with Crippen LogP contribution in [0.2, 0.25) is 0 Å². The summed E-state index contributed by atoms with van der Waals surface area (Å²) in [6, 6.07) is 13.9. The zero-order valence-electron chi connectivity index (χ0n) is 28.9. The van der Waals surface area contributed by atoms with Crippen molar-refractivity contribution in [2.75, 3.05) is 32.9 Å². The summed E-state index contributed by atoms with van der Waals surface area (Å²) in [5.41, 5.74) is 1.82. The number of carbonyl (C=O) groups is 1. The Bertz CT molecular complexity index is 1940. The summed E-state index contributed by atoms with van der Waals surface area (Å²) in [6.45, 7) is 1.57. The van der Waals surface area contributed by atoms with Gasteiger partial charge in [0.25, 0.3) is 0 Å². The highest BCUT2D eigenvalue weighted by molar-refractivity contribution is 7.89. The van der Waals surface area contributed by atoms with Gasteiger partial charge in [0.2, 0.25) is 10.0 Å². The maximum atomic E-state index is 14.7. The lowest BCUT2D eigenvalue weighted by Crippen LogP contribution is -2.51. The van der Waals surface area contributed by atoms with Crippen LogP contribution in [0.15, 0.2) is 69.4 Å². The molecule has 52 heavy (non-hydrogen) atoms. The lowest BCUT2D eigenvalue weighted by Gasteiger charge is -2.31. The Balaban J connectivity index is 1.07. The van der Waals surface area contributed by atoms with Gasteiger partial charge in [-0.3, -0.25) is 0 Å². The van der Waals surface area contributed by atoms with E-state index in [1.165, 1.54) is 15.6 Å². The van der Waals surface area contributed by atoms with Crippen LogP contribution in [0.3, 0.4) is 0 Å². The number of ether oxygens (including phenoxy) is 4. The molecular weight excluding hydrogens is 707 g/mol. The summed E-state index contributed by atoms with van der Waals surface area (Å²) < 4.78 is 60.6. The van der Waals surface area contributed by atoms with Crippen molar-refractivity contribution in [2.45, 2.75) is 81.0 Å². The fraction of sp³-hybridized carbons (Fsp3) is 0.526. The smallest absolute Gasteiger partial charge is 0.407 e. The number of carbonyl (C=O) groups excluding carboxylic acids is 1. The molecule has 2 saturated heterocycles. The minimum atomic E-state index is -4.17. The molecule has 2 N–H and O–H groups in total. The quantitative estimate of drug-likeness (QED) is 0.229. The van der Waals surface area contributed by atoms with Gasteiger partial charge in [-0.15, -0.1) is 11.3 Å². The zero-order valence-corrected chi connectivity index (χ0v) is 30.6. The predicted molar refractivity (Wildman–Crippen MR) is 193 cm³/mol. The van der Waals surface area contributed by atoms with E-state index in [2.05, 4.69) is 10.3 Å². The van der Waals surface area contributed by atoms with Gasteiger partial charge in [0.1, 0.15) is 11.7 Å². The molecule has 1 saturated carbocycles. The highest BCUT2D eigenvalue weighted by Gasteiger charge is 2.56. The van der Waals surface area contributed by atoms with Gasteiger partial charge in [-0.2, -0.15) is 4.31 Å². The number of rotatable bonds is 8. The van der Waals surface area contributed by atoms with E-state index < -0.39 is 28.3 Å². The highest BCUT2D eigenvalue weighted by Crippen LogP contribution is 2.49. The van der Waals surface area contributed by atoms with Crippen LogP contribution in [-0.4, -0.2) is 86.4 Å². The third-order valence-corrected chi connectivity index (χ3v) is 13.6. The summed E-state index contributed by atoms with van der Waals surface area (Å²) in [4.78, 5) is 18.0. The molecule has 7 atom stereocenters. The summed E-state index contributed by atoms with van der Waals surface area (Å²) in [7, 11) is -4.17. The number of thiazole rings is 1. The number of benzene rings is 2. The van der Waals surface area contributed by atoms with Crippen molar-refractivity contribution in [3.63, 3.8) is 0 Å². The molecule has 2 aromatic carbocycles. The fourth-order valence-electron chi connectivity index (χ4n) is 8.22. The molecule has 0 radical (unpaired) electrons. The number of nitrogens with zero attached hydrogens (tertiary/aromatic N) is 2. The Hall–Kier alpha value is -3.37. The first kappa shape index (κ1) is 35.6. The van der Waals surface area contributed by atoms with Gasteiger partial charge >= 0.3 is 6.09 Å². The van der Waals surface area contributed by atoms with Gasteiger partial charge in [0, 0.05) is 60.5 Å². The van der Waals surface area contributed by atoms with E-state index in [1.54, 1.807) is 12.3 Å². The first-order chi connectivity index (χ1) is 25.3. The number of hydrogen-bond donors (Lipinski definition) is 2. The number of β-amino-alcohol motifs (C(OH)–C–C–N with tert-alkyl or cyclic N) is 1. The second-order valence-electron chi connectivity index (χ2n) is 14.4. The van der Waals surface area contributed by atoms with Crippen molar-refractivity contribution in [2.24, 2.45) is 17.8 Å². The molecule has 4 aliphatic rings. The Labute approximate surface area is 307 Å². The van der Waals surface area contributed by atoms with E-state index in [4.69, 9.17) is 23.4 Å². The number of sulfonamides is 1. The molecule has 1 aliphatic carbocycles. The van der Waals surface area contributed by atoms with Crippen LogP contribution in [-0.2, 0) is 42.0 Å². The van der Waals surface area contributed by atoms with Crippen molar-refractivity contribution >= 4 is 38.4 Å². The van der Waals surface area contributed by atoms with E-state index in [9.17, 15) is 18.3 Å². The molecule has 5 heterocycles. The second-order valence-corrected chi connectivity index (χ2v) is 17.2. The molecule has 2 aromatic heterocycles. The minimum Gasteiger partial charge on any atom is -0.454 e. The average Bonchev–Trinajstić information content (AvgIpc) is 3.94. The Morgan fingerprint density at radius 3 is 2.73 bits per heavy atom. The third-order valence-electron chi connectivity index (χ3n) is 10.9. The number of nitrogens with one attached hydrogen (secondary N) is 1. The third kappa shape index (κ3) is 7.52. The number of aromatic nitrogens is 1. The van der Waals surface area contributed by atoms with Crippen molar-refractivity contribution in [1.29, 1.82) is 0 Å². The SMILES string of the molecule is O=C(N[C@@H](Cc1ccccc1)[C@H](O)CN1CCCCCCCOCc2cc3cc(-c4nccs4)oc3cc2S1(=O)=O)O[C@H]1C2CO[C@H]3OC[C@@H]1C3C2. The standard InChI is InChI=1S/C38H45N3O9S2/c42-31(30(15-24-9-5-4-6-10-24)40-38(43)50-35-27-17-28-29(35)23-48-37(28)47-22-27)20-41-12-7-2-1-3-8-13-46-21-26-16-25-18-33(36-39-11-14-51-36)49-32(25)19-34(26)52(41,44)45/h4-6,9-11,14,16,18-19,27-31,35,37,42H,1-3,7-8,12-13,15,17,20-23H2,(H,40,43)/t27?,28?,29-,30+,31-,35+,37+/m1/s1. The normalized spacial score (nSPS) is 27.5. The molecule has 0 spiro atoms. The Morgan fingerprint density at radius 1 is 1.06 bits per heavy atom. The summed E-state index contributed by atoms with van der Waals surface area (Å²) >= 11 is 1.44. The molecule has 12 nitrogen and oxygen atoms in total. The molecule has 3 aliphatic heterocycles. The molecule has 2 bridgehead atoms. The van der Waals surface area contributed by atoms with Crippen LogP contribution < -0.4 is 5.32 Å². The molecule has 4 aromatic rings. The lowest BCUT2D eigenvalue weighted by molar-refractivity contribution is -0.169. The van der Waals surface area contributed by atoms with Crippen LogP contribution in [0.5, 0.6) is 0 Å². The lowest BCUT2D eigenvalue weighted by atomic mass is 9.98. The summed E-state index contributed by atoms with van der Waals surface area (Å²) in [5.74, 6) is 0.932. The molecule has 14 heteroatoms. The van der Waals surface area contributed by atoms with Crippen molar-refractivity contribution in [3.05, 3.63) is 71.2 Å². The van der Waals surface area contributed by atoms with Crippen LogP contribution in [0.1, 0.15) is 49.7 Å². The largest absolute Gasteiger partial charge is 0.454 e. The fourth-order valence-corrected chi connectivity index (χ4v) is 10.5. The predicted octanol–water partition coefficient (Wildman–Crippen LogP) is 5.73. The average molecular weight is 752 g/mol. The Kier molecular flexibility index (Phi) is 10.7. The number of furan rings is 1. The molecule has 8 rings (SSSR count). The van der Waals surface area contributed by atoms with Gasteiger partial charge < -0.3 is 33.8 Å². The van der Waals surface area contributed by atoms with E-state index >= 15 is 0 Å². The maximum Gasteiger partial charge on any atom is 0.407 e. The van der Waals surface area contributed by atoms with Crippen molar-refractivity contribution in [3.8, 4) is 10.8 Å². The molecular formula is C38H45N3O9S2. The van der Waals surface area contributed by atoms with E-state index in [1.807, 2.05) is 47.8 Å². The van der Waals surface area contributed by atoms with Gasteiger partial charge in [0.05, 0.1) is 36.9 Å².